The molecule has 114 valence electrons. The third kappa shape index (κ3) is 6.38. The molecule has 0 aromatic heterocycles. The highest BCUT2D eigenvalue weighted by atomic mass is 32.2. The van der Waals surface area contributed by atoms with Crippen LogP contribution in [0.15, 0.2) is 18.2 Å². The molecule has 0 heterocycles. The molecule has 7 heteroatoms. The summed E-state index contributed by atoms with van der Waals surface area (Å²) in [4.78, 5) is 11.8. The third-order valence-corrected chi connectivity index (χ3v) is 3.56. The minimum absolute atomic E-state index is 0.0244. The van der Waals surface area contributed by atoms with E-state index in [1.165, 1.54) is 12.1 Å². The molecule has 0 unspecified atom stereocenters. The fourth-order valence-corrected chi connectivity index (χ4v) is 2.23. The number of carbonyl (C=O) groups excluding carboxylic acids is 1. The molecule has 0 fully saturated rings. The molecule has 5 nitrogen and oxygen atoms in total. The van der Waals surface area contributed by atoms with Crippen molar-refractivity contribution in [3.05, 3.63) is 35.1 Å². The Bertz CT molecular complexity index is 675. The van der Waals surface area contributed by atoms with Crippen molar-refractivity contribution in [2.24, 2.45) is 5.73 Å². The summed E-state index contributed by atoms with van der Waals surface area (Å²) < 4.78 is 35.6. The highest BCUT2D eigenvalue weighted by molar-refractivity contribution is 7.90. The third-order valence-electron chi connectivity index (χ3n) is 2.53. The molecule has 0 saturated carbocycles. The van der Waals surface area contributed by atoms with Gasteiger partial charge in [-0.3, -0.25) is 4.79 Å². The van der Waals surface area contributed by atoms with E-state index in [4.69, 9.17) is 5.73 Å². The number of nitrogens with two attached hydrogens (primary N) is 1. The quantitative estimate of drug-likeness (QED) is 0.604. The van der Waals surface area contributed by atoms with E-state index in [1.807, 2.05) is 0 Å². The van der Waals surface area contributed by atoms with Crippen molar-refractivity contribution in [1.29, 1.82) is 0 Å². The molecule has 0 bridgehead atoms. The second kappa shape index (κ2) is 7.76. The van der Waals surface area contributed by atoms with Gasteiger partial charge in [-0.05, 0) is 24.6 Å². The number of nitrogens with one attached hydrogen (secondary N) is 1. The summed E-state index contributed by atoms with van der Waals surface area (Å²) in [5, 5.41) is 2.48. The monoisotopic (exact) mass is 312 g/mol. The van der Waals surface area contributed by atoms with E-state index in [9.17, 15) is 17.6 Å². The Kier molecular flexibility index (Phi) is 6.34. The van der Waals surface area contributed by atoms with E-state index in [2.05, 4.69) is 17.2 Å². The number of sulfone groups is 1. The summed E-state index contributed by atoms with van der Waals surface area (Å²) in [7, 11) is -3.06. The van der Waals surface area contributed by atoms with Gasteiger partial charge in [0.05, 0.1) is 17.9 Å². The van der Waals surface area contributed by atoms with Gasteiger partial charge < -0.3 is 11.1 Å². The van der Waals surface area contributed by atoms with E-state index >= 15 is 0 Å². The number of halogens is 1. The highest BCUT2D eigenvalue weighted by Gasteiger charge is 2.11. The van der Waals surface area contributed by atoms with Gasteiger partial charge >= 0.3 is 0 Å². The molecule has 0 radical (unpaired) electrons. The van der Waals surface area contributed by atoms with Crippen LogP contribution in [0.25, 0.3) is 0 Å². The van der Waals surface area contributed by atoms with Crippen LogP contribution in [0.1, 0.15) is 22.3 Å². The van der Waals surface area contributed by atoms with Gasteiger partial charge in [0, 0.05) is 18.4 Å². The number of carbonyl (C=O) groups is 1. The summed E-state index contributed by atoms with van der Waals surface area (Å²) in [6, 6.07) is 4.02. The van der Waals surface area contributed by atoms with Crippen LogP contribution in [0.4, 0.5) is 4.39 Å². The van der Waals surface area contributed by atoms with Crippen LogP contribution >= 0.6 is 0 Å². The van der Waals surface area contributed by atoms with Gasteiger partial charge in [0.15, 0.2) is 0 Å². The molecule has 1 amide bonds. The van der Waals surface area contributed by atoms with Crippen molar-refractivity contribution >= 4 is 15.7 Å². The Labute approximate surface area is 123 Å². The molecular formula is C14H17FN2O3S. The van der Waals surface area contributed by atoms with Gasteiger partial charge in [0.2, 0.25) is 0 Å². The molecule has 1 aromatic rings. The first-order valence-corrected chi connectivity index (χ1v) is 8.34. The van der Waals surface area contributed by atoms with Gasteiger partial charge in [-0.1, -0.05) is 11.8 Å². The van der Waals surface area contributed by atoms with Crippen LogP contribution in [0.3, 0.4) is 0 Å². The summed E-state index contributed by atoms with van der Waals surface area (Å²) in [6.07, 6.45) is 1.40. The van der Waals surface area contributed by atoms with Crippen LogP contribution in [0.5, 0.6) is 0 Å². The molecule has 3 N–H and O–H groups in total. The molecule has 0 aliphatic heterocycles. The Morgan fingerprint density at radius 1 is 1.43 bits per heavy atom. The summed E-state index contributed by atoms with van der Waals surface area (Å²) in [5.41, 5.74) is 5.55. The van der Waals surface area contributed by atoms with Crippen LogP contribution in [0.2, 0.25) is 0 Å². The van der Waals surface area contributed by atoms with Crippen molar-refractivity contribution in [1.82, 2.24) is 5.32 Å². The summed E-state index contributed by atoms with van der Waals surface area (Å²) in [6.45, 7) is 0.338. The standard InChI is InChI=1S/C14H17FN2O3S/c1-21(19,20)9-3-8-17-14(18)12-6-5-11(4-2-7-16)10-13(12)15/h5-6,10H,3,7-9,16H2,1H3,(H,17,18). The van der Waals surface area contributed by atoms with E-state index in [1.54, 1.807) is 0 Å². The number of amides is 1. The molecule has 1 rings (SSSR count). The van der Waals surface area contributed by atoms with Gasteiger partial charge in [0.25, 0.3) is 5.91 Å². The zero-order chi connectivity index (χ0) is 15.9. The van der Waals surface area contributed by atoms with E-state index < -0.39 is 21.6 Å². The molecule has 0 aliphatic rings. The van der Waals surface area contributed by atoms with E-state index in [0.717, 1.165) is 12.3 Å². The molecule has 1 aromatic carbocycles. The average molecular weight is 312 g/mol. The van der Waals surface area contributed by atoms with Crippen LogP contribution < -0.4 is 11.1 Å². The van der Waals surface area contributed by atoms with Crippen LogP contribution in [0, 0.1) is 17.7 Å². The number of benzene rings is 1. The van der Waals surface area contributed by atoms with Crippen molar-refractivity contribution in [3.63, 3.8) is 0 Å². The molecule has 0 aliphatic carbocycles. The van der Waals surface area contributed by atoms with Crippen LogP contribution in [-0.2, 0) is 9.84 Å². The second-order valence-electron chi connectivity index (χ2n) is 4.44. The predicted molar refractivity (Wildman–Crippen MR) is 79.0 cm³/mol. The maximum absolute atomic E-state index is 13.8. The van der Waals surface area contributed by atoms with Crippen molar-refractivity contribution < 1.29 is 17.6 Å². The lowest BCUT2D eigenvalue weighted by Crippen LogP contribution is -2.26. The maximum Gasteiger partial charge on any atom is 0.254 e. The zero-order valence-corrected chi connectivity index (χ0v) is 12.5. The van der Waals surface area contributed by atoms with E-state index in [0.29, 0.717) is 5.56 Å². The lowest BCUT2D eigenvalue weighted by molar-refractivity contribution is 0.0949. The lowest BCUT2D eigenvalue weighted by atomic mass is 10.1. The lowest BCUT2D eigenvalue weighted by Gasteiger charge is -2.06. The highest BCUT2D eigenvalue weighted by Crippen LogP contribution is 2.09. The molecule has 0 saturated heterocycles. The van der Waals surface area contributed by atoms with Crippen molar-refractivity contribution in [2.75, 3.05) is 25.1 Å². The number of rotatable bonds is 5. The summed E-state index contributed by atoms with van der Waals surface area (Å²) in [5.74, 6) is 3.97. The fraction of sp³-hybridized carbons (Fsp3) is 0.357. The maximum atomic E-state index is 13.8. The Morgan fingerprint density at radius 2 is 2.14 bits per heavy atom. The van der Waals surface area contributed by atoms with Gasteiger partial charge in [-0.2, -0.15) is 0 Å². The predicted octanol–water partition coefficient (Wildman–Crippen LogP) is 0.300. The molecule has 0 atom stereocenters. The SMILES string of the molecule is CS(=O)(=O)CCCNC(=O)c1ccc(C#CCN)cc1F. The molecule has 0 spiro atoms. The first kappa shape index (κ1) is 17.1. The minimum atomic E-state index is -3.06. The van der Waals surface area contributed by atoms with Gasteiger partial charge in [0.1, 0.15) is 15.7 Å². The van der Waals surface area contributed by atoms with Crippen LogP contribution in [-0.4, -0.2) is 39.4 Å². The Balaban J connectivity index is 2.62. The number of hydrogen-bond donors (Lipinski definition) is 2. The summed E-state index contributed by atoms with van der Waals surface area (Å²) >= 11 is 0. The molecular weight excluding hydrogens is 295 g/mol. The van der Waals surface area contributed by atoms with Crippen molar-refractivity contribution in [2.45, 2.75) is 6.42 Å². The van der Waals surface area contributed by atoms with Gasteiger partial charge in [-0.25, -0.2) is 12.8 Å². The van der Waals surface area contributed by atoms with E-state index in [-0.39, 0.29) is 30.8 Å². The average Bonchev–Trinajstić information content (AvgIpc) is 2.40. The zero-order valence-electron chi connectivity index (χ0n) is 11.6. The largest absolute Gasteiger partial charge is 0.352 e. The molecule has 21 heavy (non-hydrogen) atoms. The van der Waals surface area contributed by atoms with Gasteiger partial charge in [-0.15, -0.1) is 0 Å². The fourth-order valence-electron chi connectivity index (χ4n) is 1.56. The topological polar surface area (TPSA) is 89.3 Å². The normalized spacial score (nSPS) is 10.6. The first-order chi connectivity index (χ1) is 9.83. The first-order valence-electron chi connectivity index (χ1n) is 6.28. The van der Waals surface area contributed by atoms with Crippen molar-refractivity contribution in [3.8, 4) is 11.8 Å². The second-order valence-corrected chi connectivity index (χ2v) is 6.70. The Morgan fingerprint density at radius 3 is 2.71 bits per heavy atom. The number of hydrogen-bond acceptors (Lipinski definition) is 4. The minimum Gasteiger partial charge on any atom is -0.352 e. The smallest absolute Gasteiger partial charge is 0.254 e. The Hall–Kier alpha value is -1.91.